The first-order valence-electron chi connectivity index (χ1n) is 11.0. The highest BCUT2D eigenvalue weighted by molar-refractivity contribution is 7.92. The maximum absolute atomic E-state index is 13.5. The number of amides is 1. The lowest BCUT2D eigenvalue weighted by atomic mass is 9.96. The Balaban J connectivity index is 1.62. The summed E-state index contributed by atoms with van der Waals surface area (Å²) in [6, 6.07) is 16.7. The van der Waals surface area contributed by atoms with E-state index >= 15 is 0 Å². The van der Waals surface area contributed by atoms with Crippen molar-refractivity contribution >= 4 is 33.2 Å². The van der Waals surface area contributed by atoms with E-state index in [0.717, 1.165) is 16.7 Å². The van der Waals surface area contributed by atoms with E-state index < -0.39 is 16.1 Å². The molecule has 0 saturated heterocycles. The molecule has 34 heavy (non-hydrogen) atoms. The highest BCUT2D eigenvalue weighted by atomic mass is 35.5. The van der Waals surface area contributed by atoms with E-state index in [4.69, 9.17) is 16.3 Å². The SMILES string of the molecule is Cc1cc(C)c(C(C)NC(=O)C2CN(S(=O)(=O)c3ccc(Cl)cc3)c3ccccc3O2)cc1C. The second-order valence-electron chi connectivity index (χ2n) is 8.59. The molecule has 1 amide bonds. The zero-order valence-corrected chi connectivity index (χ0v) is 21.1. The fourth-order valence-electron chi connectivity index (χ4n) is 4.13. The molecular formula is C26H27ClN2O4S. The van der Waals surface area contributed by atoms with Gasteiger partial charge >= 0.3 is 0 Å². The van der Waals surface area contributed by atoms with Crippen LogP contribution in [0.3, 0.4) is 0 Å². The molecule has 2 unspecified atom stereocenters. The van der Waals surface area contributed by atoms with Gasteiger partial charge in [0.1, 0.15) is 5.75 Å². The van der Waals surface area contributed by atoms with Gasteiger partial charge in [-0.25, -0.2) is 8.42 Å². The molecule has 8 heteroatoms. The number of hydrogen-bond donors (Lipinski definition) is 1. The predicted molar refractivity (Wildman–Crippen MR) is 134 cm³/mol. The van der Waals surface area contributed by atoms with Gasteiger partial charge < -0.3 is 10.1 Å². The summed E-state index contributed by atoms with van der Waals surface area (Å²) in [6.07, 6.45) is -1.01. The average Bonchev–Trinajstić information content (AvgIpc) is 2.80. The minimum atomic E-state index is -3.94. The summed E-state index contributed by atoms with van der Waals surface area (Å²) < 4.78 is 34.1. The van der Waals surface area contributed by atoms with Gasteiger partial charge in [-0.1, -0.05) is 35.9 Å². The number of para-hydroxylation sites is 2. The lowest BCUT2D eigenvalue weighted by Crippen LogP contribution is -2.51. The summed E-state index contributed by atoms with van der Waals surface area (Å²) in [5, 5.41) is 3.44. The van der Waals surface area contributed by atoms with Gasteiger partial charge in [-0.05, 0) is 86.3 Å². The topological polar surface area (TPSA) is 75.7 Å². The van der Waals surface area contributed by atoms with Crippen LogP contribution in [0.2, 0.25) is 5.02 Å². The summed E-state index contributed by atoms with van der Waals surface area (Å²) >= 11 is 5.94. The van der Waals surface area contributed by atoms with Gasteiger partial charge in [0.25, 0.3) is 15.9 Å². The van der Waals surface area contributed by atoms with Crippen LogP contribution in [0.4, 0.5) is 5.69 Å². The number of fused-ring (bicyclic) bond motifs is 1. The quantitative estimate of drug-likeness (QED) is 0.531. The van der Waals surface area contributed by atoms with Gasteiger partial charge in [0.2, 0.25) is 0 Å². The Morgan fingerprint density at radius 2 is 1.68 bits per heavy atom. The number of hydrogen-bond acceptors (Lipinski definition) is 4. The number of ether oxygens (including phenoxy) is 1. The summed E-state index contributed by atoms with van der Waals surface area (Å²) in [5.74, 6) is -0.0441. The number of aryl methyl sites for hydroxylation is 3. The summed E-state index contributed by atoms with van der Waals surface area (Å²) in [7, 11) is -3.94. The van der Waals surface area contributed by atoms with Crippen LogP contribution in [0.5, 0.6) is 5.75 Å². The van der Waals surface area contributed by atoms with E-state index in [0.29, 0.717) is 16.5 Å². The van der Waals surface area contributed by atoms with Crippen LogP contribution in [-0.4, -0.2) is 27.0 Å². The third-order valence-corrected chi connectivity index (χ3v) is 8.18. The molecule has 1 aliphatic rings. The average molecular weight is 499 g/mol. The van der Waals surface area contributed by atoms with Gasteiger partial charge in [0.05, 0.1) is 23.2 Å². The van der Waals surface area contributed by atoms with E-state index in [2.05, 4.69) is 24.4 Å². The summed E-state index contributed by atoms with van der Waals surface area (Å²) in [6.45, 7) is 7.87. The first kappa shape index (κ1) is 24.1. The van der Waals surface area contributed by atoms with E-state index in [1.807, 2.05) is 20.8 Å². The number of nitrogens with zero attached hydrogens (tertiary/aromatic N) is 1. The van der Waals surface area contributed by atoms with Gasteiger partial charge in [-0.15, -0.1) is 0 Å². The number of halogens is 1. The fourth-order valence-corrected chi connectivity index (χ4v) is 5.74. The van der Waals surface area contributed by atoms with E-state index in [1.165, 1.54) is 34.1 Å². The Kier molecular flexibility index (Phi) is 6.60. The zero-order chi connectivity index (χ0) is 24.6. The molecule has 0 radical (unpaired) electrons. The molecule has 4 rings (SSSR count). The monoisotopic (exact) mass is 498 g/mol. The van der Waals surface area contributed by atoms with E-state index in [-0.39, 0.29) is 23.4 Å². The van der Waals surface area contributed by atoms with Crippen molar-refractivity contribution in [1.82, 2.24) is 5.32 Å². The molecule has 3 aromatic carbocycles. The van der Waals surface area contributed by atoms with Crippen molar-refractivity contribution in [3.05, 3.63) is 87.9 Å². The molecule has 6 nitrogen and oxygen atoms in total. The Hall–Kier alpha value is -3.03. The van der Waals surface area contributed by atoms with Crippen LogP contribution < -0.4 is 14.4 Å². The van der Waals surface area contributed by atoms with Gasteiger partial charge in [-0.2, -0.15) is 0 Å². The van der Waals surface area contributed by atoms with Crippen molar-refractivity contribution in [3.8, 4) is 5.75 Å². The van der Waals surface area contributed by atoms with Crippen LogP contribution in [-0.2, 0) is 14.8 Å². The Morgan fingerprint density at radius 1 is 1.03 bits per heavy atom. The number of benzene rings is 3. The number of nitrogens with one attached hydrogen (secondary N) is 1. The smallest absolute Gasteiger partial charge is 0.264 e. The van der Waals surface area contributed by atoms with Gasteiger partial charge in [-0.3, -0.25) is 9.10 Å². The largest absolute Gasteiger partial charge is 0.476 e. The maximum atomic E-state index is 13.5. The number of sulfonamides is 1. The molecule has 0 aliphatic carbocycles. The Labute approximate surface area is 205 Å². The lowest BCUT2D eigenvalue weighted by Gasteiger charge is -2.35. The van der Waals surface area contributed by atoms with E-state index in [1.54, 1.807) is 24.3 Å². The van der Waals surface area contributed by atoms with Crippen molar-refractivity contribution in [3.63, 3.8) is 0 Å². The van der Waals surface area contributed by atoms with Crippen LogP contribution in [0, 0.1) is 20.8 Å². The molecule has 1 heterocycles. The molecule has 0 bridgehead atoms. The minimum absolute atomic E-state index is 0.0897. The molecule has 0 aromatic heterocycles. The van der Waals surface area contributed by atoms with E-state index in [9.17, 15) is 13.2 Å². The molecular weight excluding hydrogens is 472 g/mol. The van der Waals surface area contributed by atoms with Crippen molar-refractivity contribution in [2.75, 3.05) is 10.8 Å². The molecule has 0 saturated carbocycles. The molecule has 1 N–H and O–H groups in total. The molecule has 178 valence electrons. The van der Waals surface area contributed by atoms with Crippen molar-refractivity contribution in [1.29, 1.82) is 0 Å². The van der Waals surface area contributed by atoms with Crippen LogP contribution in [0.25, 0.3) is 0 Å². The fraction of sp³-hybridized carbons (Fsp3) is 0.269. The number of anilines is 1. The third-order valence-electron chi connectivity index (χ3n) is 6.14. The minimum Gasteiger partial charge on any atom is -0.476 e. The number of rotatable bonds is 5. The first-order chi connectivity index (χ1) is 16.1. The van der Waals surface area contributed by atoms with Crippen LogP contribution >= 0.6 is 11.6 Å². The third kappa shape index (κ3) is 4.63. The normalized spacial score (nSPS) is 16.4. The van der Waals surface area contributed by atoms with Crippen LogP contribution in [0.15, 0.2) is 65.6 Å². The maximum Gasteiger partial charge on any atom is 0.264 e. The molecule has 1 aliphatic heterocycles. The second kappa shape index (κ2) is 9.31. The van der Waals surface area contributed by atoms with Crippen molar-refractivity contribution < 1.29 is 17.9 Å². The van der Waals surface area contributed by atoms with Gasteiger partial charge in [0, 0.05) is 5.02 Å². The highest BCUT2D eigenvalue weighted by Crippen LogP contribution is 2.37. The van der Waals surface area contributed by atoms with Crippen molar-refractivity contribution in [2.45, 2.75) is 44.7 Å². The standard InChI is InChI=1S/C26H27ClN2O4S/c1-16-13-18(3)22(14-17(16)2)19(4)28-26(30)25-15-29(23-7-5-6-8-24(23)33-25)34(31,32)21-11-9-20(27)10-12-21/h5-14,19,25H,15H2,1-4H3,(H,28,30). The van der Waals surface area contributed by atoms with Crippen molar-refractivity contribution in [2.24, 2.45) is 0 Å². The Morgan fingerprint density at radius 3 is 2.38 bits per heavy atom. The summed E-state index contributed by atoms with van der Waals surface area (Å²) in [4.78, 5) is 13.3. The van der Waals surface area contributed by atoms with Gasteiger partial charge in [0.15, 0.2) is 6.10 Å². The second-order valence-corrected chi connectivity index (χ2v) is 10.9. The Bertz CT molecular complexity index is 1340. The first-order valence-corrected chi connectivity index (χ1v) is 12.8. The summed E-state index contributed by atoms with van der Waals surface area (Å²) in [5.41, 5.74) is 4.82. The predicted octanol–water partition coefficient (Wildman–Crippen LogP) is 5.10. The lowest BCUT2D eigenvalue weighted by molar-refractivity contribution is -0.128. The molecule has 2 atom stereocenters. The molecule has 0 fully saturated rings. The highest BCUT2D eigenvalue weighted by Gasteiger charge is 2.37. The zero-order valence-electron chi connectivity index (χ0n) is 19.5. The molecule has 0 spiro atoms. The molecule has 3 aromatic rings. The number of carbonyl (C=O) groups excluding carboxylic acids is 1. The van der Waals surface area contributed by atoms with Crippen LogP contribution in [0.1, 0.15) is 35.2 Å². The number of carbonyl (C=O) groups is 1.